The Bertz CT molecular complexity index is 926. The second-order valence-electron chi connectivity index (χ2n) is 6.05. The van der Waals surface area contributed by atoms with Gasteiger partial charge in [0.2, 0.25) is 0 Å². The topological polar surface area (TPSA) is 72.2 Å². The van der Waals surface area contributed by atoms with E-state index in [1.54, 1.807) is 36.4 Å². The van der Waals surface area contributed by atoms with Gasteiger partial charge in [0.25, 0.3) is 5.69 Å². The van der Waals surface area contributed by atoms with Crippen LogP contribution in [0.25, 0.3) is 0 Å². The molecule has 0 fully saturated rings. The number of hydrogen-bond acceptors (Lipinski definition) is 4. The van der Waals surface area contributed by atoms with Crippen LogP contribution in [-0.2, 0) is 0 Å². The molecule has 27 heavy (non-hydrogen) atoms. The number of nitrogens with zero attached hydrogens (tertiary/aromatic N) is 1. The molecule has 1 N–H and O–H groups in total. The third kappa shape index (κ3) is 4.92. The van der Waals surface area contributed by atoms with Gasteiger partial charge in [0.15, 0.2) is 5.78 Å². The molecule has 3 aromatic carbocycles. The summed E-state index contributed by atoms with van der Waals surface area (Å²) in [5.41, 5.74) is 2.27. The lowest BCUT2D eigenvalue weighted by molar-refractivity contribution is -0.384. The van der Waals surface area contributed by atoms with Crippen LogP contribution in [0.2, 0.25) is 5.02 Å². The van der Waals surface area contributed by atoms with Crippen LogP contribution in [0.1, 0.15) is 28.4 Å². The number of rotatable bonds is 7. The van der Waals surface area contributed by atoms with Crippen LogP contribution < -0.4 is 5.32 Å². The lowest BCUT2D eigenvalue weighted by Crippen LogP contribution is -2.15. The van der Waals surface area contributed by atoms with Crippen molar-refractivity contribution in [2.75, 3.05) is 5.32 Å². The number of hydrogen-bond donors (Lipinski definition) is 1. The molecule has 0 heterocycles. The first-order valence-corrected chi connectivity index (χ1v) is 8.75. The van der Waals surface area contributed by atoms with Crippen LogP contribution in [-0.4, -0.2) is 10.7 Å². The second kappa shape index (κ2) is 8.47. The van der Waals surface area contributed by atoms with E-state index >= 15 is 0 Å². The molecule has 5 nitrogen and oxygen atoms in total. The Morgan fingerprint density at radius 2 is 1.59 bits per heavy atom. The van der Waals surface area contributed by atoms with Gasteiger partial charge in [-0.2, -0.15) is 0 Å². The number of nitro benzene ring substituents is 1. The summed E-state index contributed by atoms with van der Waals surface area (Å²) in [6.45, 7) is 0. The van der Waals surface area contributed by atoms with Crippen LogP contribution in [0.4, 0.5) is 11.4 Å². The van der Waals surface area contributed by atoms with Gasteiger partial charge in [-0.25, -0.2) is 0 Å². The first-order valence-electron chi connectivity index (χ1n) is 8.37. The summed E-state index contributed by atoms with van der Waals surface area (Å²) in [5, 5.41) is 14.7. The zero-order chi connectivity index (χ0) is 19.2. The number of non-ortho nitro benzene ring substituents is 1. The summed E-state index contributed by atoms with van der Waals surface area (Å²) in [6, 6.07) is 22.3. The number of ketones is 1. The molecule has 0 bridgehead atoms. The van der Waals surface area contributed by atoms with Crippen molar-refractivity contribution in [3.05, 3.63) is 105 Å². The van der Waals surface area contributed by atoms with Crippen molar-refractivity contribution in [2.24, 2.45) is 0 Å². The van der Waals surface area contributed by atoms with Crippen LogP contribution in [0.15, 0.2) is 78.9 Å². The fourth-order valence-electron chi connectivity index (χ4n) is 2.76. The highest BCUT2D eigenvalue weighted by atomic mass is 35.5. The van der Waals surface area contributed by atoms with Crippen LogP contribution in [0.3, 0.4) is 0 Å². The van der Waals surface area contributed by atoms with E-state index in [1.807, 2.05) is 30.3 Å². The van der Waals surface area contributed by atoms with E-state index in [4.69, 9.17) is 11.6 Å². The van der Waals surface area contributed by atoms with Crippen molar-refractivity contribution in [3.63, 3.8) is 0 Å². The minimum atomic E-state index is -0.442. The smallest absolute Gasteiger partial charge is 0.269 e. The lowest BCUT2D eigenvalue weighted by Gasteiger charge is -2.20. The predicted octanol–water partition coefficient (Wildman–Crippen LogP) is 5.67. The predicted molar refractivity (Wildman–Crippen MR) is 106 cm³/mol. The average Bonchev–Trinajstić information content (AvgIpc) is 2.69. The maximum absolute atomic E-state index is 12.7. The molecule has 3 rings (SSSR count). The van der Waals surface area contributed by atoms with Gasteiger partial charge >= 0.3 is 0 Å². The van der Waals surface area contributed by atoms with Gasteiger partial charge in [-0.1, -0.05) is 41.9 Å². The second-order valence-corrected chi connectivity index (χ2v) is 6.48. The minimum Gasteiger partial charge on any atom is -0.378 e. The van der Waals surface area contributed by atoms with E-state index < -0.39 is 4.92 Å². The van der Waals surface area contributed by atoms with E-state index in [2.05, 4.69) is 5.32 Å². The van der Waals surface area contributed by atoms with E-state index in [1.165, 1.54) is 12.1 Å². The van der Waals surface area contributed by atoms with Crippen molar-refractivity contribution in [1.29, 1.82) is 0 Å². The molecule has 0 aromatic heterocycles. The number of carbonyl (C=O) groups is 1. The fourth-order valence-corrected chi connectivity index (χ4v) is 2.88. The Morgan fingerprint density at radius 1 is 0.963 bits per heavy atom. The SMILES string of the molecule is O=C(CC(Nc1ccc([N+](=O)[O-])cc1)c1ccccc1)c1ccc(Cl)cc1. The van der Waals surface area contributed by atoms with Gasteiger partial charge in [-0.3, -0.25) is 14.9 Å². The van der Waals surface area contributed by atoms with Gasteiger partial charge in [-0.15, -0.1) is 0 Å². The third-order valence-corrected chi connectivity index (χ3v) is 4.43. The minimum absolute atomic E-state index is 0.0186. The molecular weight excluding hydrogens is 364 g/mol. The van der Waals surface area contributed by atoms with Gasteiger partial charge in [0.05, 0.1) is 11.0 Å². The summed E-state index contributed by atoms with van der Waals surface area (Å²) in [5.74, 6) is -0.0186. The number of nitro groups is 1. The number of benzene rings is 3. The molecule has 0 amide bonds. The molecule has 0 aliphatic carbocycles. The lowest BCUT2D eigenvalue weighted by atomic mass is 9.97. The maximum atomic E-state index is 12.7. The molecule has 1 atom stereocenters. The summed E-state index contributed by atoms with van der Waals surface area (Å²) < 4.78 is 0. The van der Waals surface area contributed by atoms with Crippen LogP contribution in [0, 0.1) is 10.1 Å². The van der Waals surface area contributed by atoms with Crippen molar-refractivity contribution in [2.45, 2.75) is 12.5 Å². The quantitative estimate of drug-likeness (QED) is 0.325. The Morgan fingerprint density at radius 3 is 2.19 bits per heavy atom. The average molecular weight is 381 g/mol. The number of carbonyl (C=O) groups excluding carboxylic acids is 1. The highest BCUT2D eigenvalue weighted by Gasteiger charge is 2.18. The molecule has 0 spiro atoms. The fraction of sp³-hybridized carbons (Fsp3) is 0.0952. The van der Waals surface area contributed by atoms with Crippen molar-refractivity contribution in [1.82, 2.24) is 0 Å². The van der Waals surface area contributed by atoms with E-state index in [-0.39, 0.29) is 23.9 Å². The normalized spacial score (nSPS) is 11.6. The third-order valence-electron chi connectivity index (χ3n) is 4.18. The van der Waals surface area contributed by atoms with E-state index in [9.17, 15) is 14.9 Å². The zero-order valence-corrected chi connectivity index (χ0v) is 15.1. The number of Topliss-reactive ketones (excluding diaryl/α,β-unsaturated/α-hetero) is 1. The van der Waals surface area contributed by atoms with Crippen molar-refractivity contribution in [3.8, 4) is 0 Å². The molecule has 3 aromatic rings. The number of anilines is 1. The van der Waals surface area contributed by atoms with E-state index in [0.717, 1.165) is 5.56 Å². The number of halogens is 1. The summed E-state index contributed by atoms with van der Waals surface area (Å²) in [4.78, 5) is 23.1. The molecule has 136 valence electrons. The molecule has 0 radical (unpaired) electrons. The molecule has 0 saturated carbocycles. The molecule has 1 unspecified atom stereocenters. The van der Waals surface area contributed by atoms with E-state index in [0.29, 0.717) is 16.3 Å². The first kappa shape index (κ1) is 18.6. The van der Waals surface area contributed by atoms with Gasteiger partial charge in [0, 0.05) is 34.8 Å². The summed E-state index contributed by atoms with van der Waals surface area (Å²) in [6.07, 6.45) is 0.239. The Balaban J connectivity index is 1.82. The molecule has 6 heteroatoms. The molecule has 0 aliphatic heterocycles. The van der Waals surface area contributed by atoms with Crippen molar-refractivity contribution >= 4 is 28.8 Å². The Hall–Kier alpha value is -3.18. The highest BCUT2D eigenvalue weighted by molar-refractivity contribution is 6.30. The summed E-state index contributed by atoms with van der Waals surface area (Å²) >= 11 is 5.89. The Kier molecular flexibility index (Phi) is 5.84. The summed E-state index contributed by atoms with van der Waals surface area (Å²) in [7, 11) is 0. The zero-order valence-electron chi connectivity index (χ0n) is 14.3. The monoisotopic (exact) mass is 380 g/mol. The van der Waals surface area contributed by atoms with Gasteiger partial charge < -0.3 is 5.32 Å². The van der Waals surface area contributed by atoms with Gasteiger partial charge in [0.1, 0.15) is 0 Å². The largest absolute Gasteiger partial charge is 0.378 e. The van der Waals surface area contributed by atoms with Crippen molar-refractivity contribution < 1.29 is 9.72 Å². The molecular formula is C21H17ClN2O3. The Labute approximate surface area is 161 Å². The number of nitrogens with one attached hydrogen (secondary N) is 1. The maximum Gasteiger partial charge on any atom is 0.269 e. The highest BCUT2D eigenvalue weighted by Crippen LogP contribution is 2.26. The van der Waals surface area contributed by atoms with Crippen LogP contribution in [0.5, 0.6) is 0 Å². The van der Waals surface area contributed by atoms with Gasteiger partial charge in [-0.05, 0) is 42.0 Å². The molecule has 0 saturated heterocycles. The first-order chi connectivity index (χ1) is 13.0. The standard InChI is InChI=1S/C21H17ClN2O3/c22-17-8-6-16(7-9-17)21(25)14-20(15-4-2-1-3-5-15)23-18-10-12-19(13-11-18)24(26)27/h1-13,20,23H,14H2. The van der Waals surface area contributed by atoms with Crippen LogP contribution >= 0.6 is 11.6 Å². The molecule has 0 aliphatic rings.